The molecule has 0 spiro atoms. The van der Waals surface area contributed by atoms with E-state index in [0.717, 1.165) is 17.9 Å². The Hall–Kier alpha value is -2.19. The van der Waals surface area contributed by atoms with E-state index in [4.69, 9.17) is 13.9 Å². The fourth-order valence-corrected chi connectivity index (χ4v) is 12.9. The summed E-state index contributed by atoms with van der Waals surface area (Å²) >= 11 is 3.82. The third-order valence-corrected chi connectivity index (χ3v) is 15.1. The molecule has 1 aliphatic heterocycles. The highest BCUT2D eigenvalue weighted by molar-refractivity contribution is 8.17. The maximum absolute atomic E-state index is 11.8. The van der Waals surface area contributed by atoms with Gasteiger partial charge in [-0.2, -0.15) is 0 Å². The van der Waals surface area contributed by atoms with E-state index in [1.54, 1.807) is 7.11 Å². The summed E-state index contributed by atoms with van der Waals surface area (Å²) in [6.07, 6.45) is 0.876. The van der Waals surface area contributed by atoms with Crippen LogP contribution < -0.4 is 15.1 Å². The van der Waals surface area contributed by atoms with Crippen LogP contribution in [0.3, 0.4) is 0 Å². The van der Waals surface area contributed by atoms with Gasteiger partial charge in [0.15, 0.2) is 0 Å². The minimum absolute atomic E-state index is 0.0287. The van der Waals surface area contributed by atoms with Gasteiger partial charge in [-0.3, -0.25) is 4.79 Å². The molecule has 1 aliphatic rings. The maximum Gasteiger partial charge on any atom is 0.302 e. The minimum atomic E-state index is -2.72. The Kier molecular flexibility index (Phi) is 9.68. The number of carbonyl (C=O) groups is 1. The first kappa shape index (κ1) is 28.8. The van der Waals surface area contributed by atoms with Gasteiger partial charge in [-0.05, 0) is 39.5 Å². The summed E-state index contributed by atoms with van der Waals surface area (Å²) in [6.45, 7) is 8.75. The van der Waals surface area contributed by atoms with Gasteiger partial charge in [-0.1, -0.05) is 93.6 Å². The Morgan fingerprint density at radius 2 is 1.53 bits per heavy atom. The molecule has 0 amide bonds. The van der Waals surface area contributed by atoms with Gasteiger partial charge in [-0.15, -0.1) is 23.5 Å². The number of hydrogen-bond donors (Lipinski definition) is 0. The summed E-state index contributed by atoms with van der Waals surface area (Å²) < 4.78 is 18.7. The van der Waals surface area contributed by atoms with Crippen LogP contribution in [0.4, 0.5) is 0 Å². The summed E-state index contributed by atoms with van der Waals surface area (Å²) in [5.41, 5.74) is 1.27. The lowest BCUT2D eigenvalue weighted by Crippen LogP contribution is -2.68. The molecule has 0 N–H and O–H groups in total. The molecule has 1 fully saturated rings. The van der Waals surface area contributed by atoms with Crippen LogP contribution in [0.1, 0.15) is 39.7 Å². The van der Waals surface area contributed by atoms with Gasteiger partial charge in [0.05, 0.1) is 23.0 Å². The van der Waals surface area contributed by atoms with Crippen molar-refractivity contribution in [2.45, 2.75) is 60.8 Å². The number of thioether (sulfide) groups is 2. The average Bonchev–Trinajstić information content (AvgIpc) is 3.31. The van der Waals surface area contributed by atoms with Crippen molar-refractivity contribution < 1.29 is 18.7 Å². The van der Waals surface area contributed by atoms with E-state index in [1.165, 1.54) is 22.9 Å². The van der Waals surface area contributed by atoms with E-state index in [-0.39, 0.29) is 22.4 Å². The highest BCUT2D eigenvalue weighted by Gasteiger charge is 2.53. The molecule has 3 aromatic carbocycles. The molecule has 1 saturated heterocycles. The molecular formula is C31H38O4S2Si. The van der Waals surface area contributed by atoms with Gasteiger partial charge in [0.2, 0.25) is 0 Å². The van der Waals surface area contributed by atoms with Crippen molar-refractivity contribution >= 4 is 48.2 Å². The van der Waals surface area contributed by atoms with Crippen LogP contribution >= 0.6 is 23.5 Å². The van der Waals surface area contributed by atoms with E-state index in [1.807, 2.05) is 35.7 Å². The highest BCUT2D eigenvalue weighted by Crippen LogP contribution is 2.46. The molecule has 1 heterocycles. The molecule has 3 aromatic rings. The summed E-state index contributed by atoms with van der Waals surface area (Å²) in [5.74, 6) is 1.53. The third-order valence-electron chi connectivity index (χ3n) is 6.96. The van der Waals surface area contributed by atoms with Gasteiger partial charge in [0.1, 0.15) is 12.4 Å². The topological polar surface area (TPSA) is 44.8 Å². The fraction of sp³-hybridized carbons (Fsp3) is 0.387. The molecule has 0 radical (unpaired) electrons. The monoisotopic (exact) mass is 566 g/mol. The van der Waals surface area contributed by atoms with Gasteiger partial charge >= 0.3 is 5.97 Å². The maximum atomic E-state index is 11.8. The zero-order valence-electron chi connectivity index (χ0n) is 22.9. The smallest absolute Gasteiger partial charge is 0.302 e. The van der Waals surface area contributed by atoms with Crippen LogP contribution in [0.15, 0.2) is 84.9 Å². The predicted octanol–water partition coefficient (Wildman–Crippen LogP) is 6.27. The van der Waals surface area contributed by atoms with E-state index in [0.29, 0.717) is 11.2 Å². The lowest BCUT2D eigenvalue weighted by atomic mass is 10.2. The fourth-order valence-electron chi connectivity index (χ4n) is 5.09. The van der Waals surface area contributed by atoms with Crippen molar-refractivity contribution in [3.8, 4) is 5.75 Å². The molecule has 0 saturated carbocycles. The summed E-state index contributed by atoms with van der Waals surface area (Å²) in [5, 5.41) is 2.50. The minimum Gasteiger partial charge on any atom is -0.497 e. The van der Waals surface area contributed by atoms with E-state index in [9.17, 15) is 4.79 Å². The number of hydrogen-bond acceptors (Lipinski definition) is 6. The number of rotatable bonds is 10. The standard InChI is InChI=1S/C31H38O4S2Si/c1-23(32)34-21-29-28(20-30(37-29)36-22-24-16-18-25(33-5)19-17-24)35-38(31(2,3)4,26-12-8-6-9-13-26)27-14-10-7-11-15-27/h6-19,28-30H,20-22H2,1-5H3/t28-,29+,30?/m0/s1. The number of ether oxygens (including phenoxy) is 2. The van der Waals surface area contributed by atoms with Crippen molar-refractivity contribution in [3.05, 3.63) is 90.5 Å². The lowest BCUT2D eigenvalue weighted by molar-refractivity contribution is -0.141. The van der Waals surface area contributed by atoms with Crippen LogP contribution in [0, 0.1) is 0 Å². The summed E-state index contributed by atoms with van der Waals surface area (Å²) in [6, 6.07) is 29.8. The van der Waals surface area contributed by atoms with Crippen LogP contribution in [0.2, 0.25) is 5.04 Å². The zero-order chi connectivity index (χ0) is 27.2. The van der Waals surface area contributed by atoms with Gasteiger partial charge < -0.3 is 13.9 Å². The van der Waals surface area contributed by atoms with Crippen molar-refractivity contribution in [2.75, 3.05) is 13.7 Å². The molecule has 38 heavy (non-hydrogen) atoms. The number of methoxy groups -OCH3 is 1. The molecular weight excluding hydrogens is 529 g/mol. The normalized spacial score (nSPS) is 19.8. The van der Waals surface area contributed by atoms with Crippen molar-refractivity contribution in [1.29, 1.82) is 0 Å². The van der Waals surface area contributed by atoms with Crippen LogP contribution in [-0.4, -0.2) is 43.9 Å². The molecule has 3 atom stereocenters. The lowest BCUT2D eigenvalue weighted by Gasteiger charge is -2.45. The highest BCUT2D eigenvalue weighted by atomic mass is 32.2. The number of esters is 1. The molecule has 0 aliphatic carbocycles. The second kappa shape index (κ2) is 12.8. The van der Waals surface area contributed by atoms with E-state index >= 15 is 0 Å². The molecule has 7 heteroatoms. The molecule has 4 rings (SSSR count). The van der Waals surface area contributed by atoms with Gasteiger partial charge in [0, 0.05) is 12.7 Å². The third kappa shape index (κ3) is 6.68. The quantitative estimate of drug-likeness (QED) is 0.213. The Balaban J connectivity index is 1.63. The SMILES string of the molecule is COc1ccc(CSC2C[C@H](O[Si](c3ccccc3)(c3ccccc3)C(C)(C)C)[C@@H](COC(C)=O)S2)cc1. The second-order valence-corrected chi connectivity index (χ2v) is 17.8. The molecule has 1 unspecified atom stereocenters. The first-order valence-corrected chi connectivity index (χ1v) is 16.9. The van der Waals surface area contributed by atoms with Crippen molar-refractivity contribution in [2.24, 2.45) is 0 Å². The number of benzene rings is 3. The number of carbonyl (C=O) groups excluding carboxylic acids is 1. The van der Waals surface area contributed by atoms with E-state index < -0.39 is 8.32 Å². The molecule has 0 bridgehead atoms. The van der Waals surface area contributed by atoms with E-state index in [2.05, 4.69) is 93.6 Å². The molecule has 4 nitrogen and oxygen atoms in total. The van der Waals surface area contributed by atoms with Crippen LogP contribution in [-0.2, 0) is 19.7 Å². The first-order valence-electron chi connectivity index (χ1n) is 13.0. The Morgan fingerprint density at radius 3 is 2.03 bits per heavy atom. The largest absolute Gasteiger partial charge is 0.497 e. The average molecular weight is 567 g/mol. The Labute approximate surface area is 237 Å². The van der Waals surface area contributed by atoms with Crippen molar-refractivity contribution in [3.63, 3.8) is 0 Å². The predicted molar refractivity (Wildman–Crippen MR) is 163 cm³/mol. The first-order chi connectivity index (χ1) is 18.2. The Bertz CT molecular complexity index is 1130. The summed E-state index contributed by atoms with van der Waals surface area (Å²) in [4.78, 5) is 11.8. The van der Waals surface area contributed by atoms with Gasteiger partial charge in [0.25, 0.3) is 8.32 Å². The second-order valence-electron chi connectivity index (χ2n) is 10.6. The van der Waals surface area contributed by atoms with Crippen LogP contribution in [0.25, 0.3) is 0 Å². The zero-order valence-corrected chi connectivity index (χ0v) is 25.5. The summed E-state index contributed by atoms with van der Waals surface area (Å²) in [7, 11) is -1.03. The molecule has 202 valence electrons. The van der Waals surface area contributed by atoms with Gasteiger partial charge in [-0.25, -0.2) is 0 Å². The van der Waals surface area contributed by atoms with Crippen molar-refractivity contribution in [1.82, 2.24) is 0 Å². The molecule has 0 aromatic heterocycles. The Morgan fingerprint density at radius 1 is 0.947 bits per heavy atom. The van der Waals surface area contributed by atoms with Crippen LogP contribution in [0.5, 0.6) is 5.75 Å².